The molecule has 0 aliphatic rings. The number of hydrogen-bond donors (Lipinski definition) is 1. The molecule has 3 aromatic rings. The van der Waals surface area contributed by atoms with Gasteiger partial charge in [-0.3, -0.25) is 10.1 Å². The summed E-state index contributed by atoms with van der Waals surface area (Å²) in [4.78, 5) is 17.4. The van der Waals surface area contributed by atoms with Crippen LogP contribution in [0.5, 0.6) is 11.5 Å². The van der Waals surface area contributed by atoms with Gasteiger partial charge in [-0.05, 0) is 43.7 Å². The van der Waals surface area contributed by atoms with Gasteiger partial charge in [0.15, 0.2) is 11.7 Å². The predicted octanol–water partition coefficient (Wildman–Crippen LogP) is 4.46. The van der Waals surface area contributed by atoms with Crippen molar-refractivity contribution in [3.8, 4) is 11.5 Å². The number of benzene rings is 2. The average molecular weight is 382 g/mol. The number of amides is 1. The Bertz CT molecular complexity index is 873. The molecule has 0 atom stereocenters. The number of carbonyl (C=O) groups is 1. The number of hydrogen-bond acceptors (Lipinski definition) is 5. The van der Waals surface area contributed by atoms with Crippen LogP contribution < -0.4 is 14.8 Å². The Labute approximate surface area is 163 Å². The Kier molecular flexibility index (Phi) is 6.44. The van der Waals surface area contributed by atoms with Crippen LogP contribution in [-0.4, -0.2) is 24.1 Å². The number of thiazole rings is 1. The number of nitrogens with one attached hydrogen (secondary N) is 1. The largest absolute Gasteiger partial charge is 0.494 e. The molecule has 140 valence electrons. The van der Waals surface area contributed by atoms with E-state index in [0.717, 1.165) is 17.0 Å². The summed E-state index contributed by atoms with van der Waals surface area (Å²) in [7, 11) is 0. The van der Waals surface area contributed by atoms with Crippen molar-refractivity contribution in [3.05, 3.63) is 70.7 Å². The van der Waals surface area contributed by atoms with Crippen molar-refractivity contribution in [2.75, 3.05) is 18.5 Å². The summed E-state index contributed by atoms with van der Waals surface area (Å²) in [6.07, 6.45) is 2.60. The number of aryl methyl sites for hydroxylation is 1. The molecule has 1 aromatic heterocycles. The number of anilines is 1. The van der Waals surface area contributed by atoms with Crippen LogP contribution in [0.1, 0.15) is 22.9 Å². The van der Waals surface area contributed by atoms with Crippen LogP contribution >= 0.6 is 11.3 Å². The Hall–Kier alpha value is -2.86. The molecule has 5 nitrogen and oxygen atoms in total. The monoisotopic (exact) mass is 382 g/mol. The molecular formula is C21H22N2O3S. The van der Waals surface area contributed by atoms with E-state index in [-0.39, 0.29) is 12.5 Å². The van der Waals surface area contributed by atoms with Crippen molar-refractivity contribution in [1.29, 1.82) is 0 Å². The van der Waals surface area contributed by atoms with Crippen LogP contribution in [0.3, 0.4) is 0 Å². The van der Waals surface area contributed by atoms with Gasteiger partial charge in [-0.2, -0.15) is 0 Å². The summed E-state index contributed by atoms with van der Waals surface area (Å²) in [6, 6.07) is 15.6. The fraction of sp³-hybridized carbons (Fsp3) is 0.238. The SMILES string of the molecule is CCOc1ccc(OCC(=O)Nc2ncc(Cc3ccc(C)cc3)s2)cc1. The van der Waals surface area contributed by atoms with Gasteiger partial charge < -0.3 is 9.47 Å². The van der Waals surface area contributed by atoms with Gasteiger partial charge in [0.05, 0.1) is 6.61 Å². The minimum absolute atomic E-state index is 0.0686. The molecule has 2 aromatic carbocycles. The maximum Gasteiger partial charge on any atom is 0.264 e. The molecule has 0 saturated carbocycles. The second kappa shape index (κ2) is 9.19. The highest BCUT2D eigenvalue weighted by molar-refractivity contribution is 7.15. The topological polar surface area (TPSA) is 60.5 Å². The molecule has 0 aliphatic heterocycles. The lowest BCUT2D eigenvalue weighted by Crippen LogP contribution is -2.19. The van der Waals surface area contributed by atoms with Crippen LogP contribution in [-0.2, 0) is 11.2 Å². The summed E-state index contributed by atoms with van der Waals surface area (Å²) in [5.41, 5.74) is 2.46. The third kappa shape index (κ3) is 5.82. The smallest absolute Gasteiger partial charge is 0.264 e. The quantitative estimate of drug-likeness (QED) is 0.625. The summed E-state index contributed by atoms with van der Waals surface area (Å²) in [5, 5.41) is 3.36. The third-order valence-corrected chi connectivity index (χ3v) is 4.72. The van der Waals surface area contributed by atoms with Crippen LogP contribution in [0.25, 0.3) is 0 Å². The van der Waals surface area contributed by atoms with Gasteiger partial charge in [-0.15, -0.1) is 11.3 Å². The van der Waals surface area contributed by atoms with Crippen LogP contribution in [0.2, 0.25) is 0 Å². The maximum absolute atomic E-state index is 12.1. The summed E-state index contributed by atoms with van der Waals surface area (Å²) >= 11 is 1.47. The lowest BCUT2D eigenvalue weighted by Gasteiger charge is -2.07. The number of rotatable bonds is 8. The molecule has 1 heterocycles. The second-order valence-electron chi connectivity index (χ2n) is 6.04. The fourth-order valence-electron chi connectivity index (χ4n) is 2.46. The Morgan fingerprint density at radius 1 is 1.04 bits per heavy atom. The van der Waals surface area contributed by atoms with E-state index in [0.29, 0.717) is 17.5 Å². The molecule has 0 aliphatic carbocycles. The molecule has 27 heavy (non-hydrogen) atoms. The number of aromatic nitrogens is 1. The Morgan fingerprint density at radius 2 is 1.70 bits per heavy atom. The summed E-state index contributed by atoms with van der Waals surface area (Å²) in [6.45, 7) is 4.54. The molecule has 1 amide bonds. The lowest BCUT2D eigenvalue weighted by molar-refractivity contribution is -0.118. The molecule has 0 fully saturated rings. The lowest BCUT2D eigenvalue weighted by atomic mass is 10.1. The van der Waals surface area contributed by atoms with Crippen molar-refractivity contribution >= 4 is 22.4 Å². The third-order valence-electron chi connectivity index (χ3n) is 3.80. The molecule has 0 unspecified atom stereocenters. The minimum atomic E-state index is -0.236. The Morgan fingerprint density at radius 3 is 2.37 bits per heavy atom. The van der Waals surface area contributed by atoms with E-state index in [4.69, 9.17) is 9.47 Å². The van der Waals surface area contributed by atoms with E-state index < -0.39 is 0 Å². The molecule has 0 bridgehead atoms. The molecule has 0 radical (unpaired) electrons. The number of carbonyl (C=O) groups excluding carboxylic acids is 1. The second-order valence-corrected chi connectivity index (χ2v) is 7.15. The molecule has 6 heteroatoms. The highest BCUT2D eigenvalue weighted by atomic mass is 32.1. The van der Waals surface area contributed by atoms with Gasteiger partial charge in [0.25, 0.3) is 5.91 Å². The van der Waals surface area contributed by atoms with Gasteiger partial charge in [-0.25, -0.2) is 4.98 Å². The van der Waals surface area contributed by atoms with Gasteiger partial charge in [0, 0.05) is 17.5 Å². The number of ether oxygens (including phenoxy) is 2. The van der Waals surface area contributed by atoms with Crippen molar-refractivity contribution < 1.29 is 14.3 Å². The van der Waals surface area contributed by atoms with E-state index in [1.54, 1.807) is 18.3 Å². The van der Waals surface area contributed by atoms with Crippen LogP contribution in [0, 0.1) is 6.92 Å². The van der Waals surface area contributed by atoms with E-state index >= 15 is 0 Å². The highest BCUT2D eigenvalue weighted by Gasteiger charge is 2.08. The van der Waals surface area contributed by atoms with Gasteiger partial charge in [0.2, 0.25) is 0 Å². The first-order valence-electron chi connectivity index (χ1n) is 8.78. The van der Waals surface area contributed by atoms with Gasteiger partial charge >= 0.3 is 0 Å². The zero-order valence-corrected chi connectivity index (χ0v) is 16.2. The minimum Gasteiger partial charge on any atom is -0.494 e. The van der Waals surface area contributed by atoms with E-state index in [1.165, 1.54) is 22.5 Å². The van der Waals surface area contributed by atoms with Crippen molar-refractivity contribution in [3.63, 3.8) is 0 Å². The normalized spacial score (nSPS) is 10.4. The summed E-state index contributed by atoms with van der Waals surface area (Å²) < 4.78 is 10.9. The predicted molar refractivity (Wildman–Crippen MR) is 108 cm³/mol. The first-order valence-corrected chi connectivity index (χ1v) is 9.60. The maximum atomic E-state index is 12.1. The Balaban J connectivity index is 1.48. The van der Waals surface area contributed by atoms with E-state index in [2.05, 4.69) is 41.5 Å². The van der Waals surface area contributed by atoms with Crippen molar-refractivity contribution in [2.45, 2.75) is 20.3 Å². The summed E-state index contributed by atoms with van der Waals surface area (Å²) in [5.74, 6) is 1.16. The fourth-order valence-corrected chi connectivity index (χ4v) is 3.32. The van der Waals surface area contributed by atoms with E-state index in [9.17, 15) is 4.79 Å². The molecule has 1 N–H and O–H groups in total. The first kappa shape index (κ1) is 18.9. The zero-order chi connectivity index (χ0) is 19.1. The van der Waals surface area contributed by atoms with Crippen LogP contribution in [0.4, 0.5) is 5.13 Å². The van der Waals surface area contributed by atoms with Crippen molar-refractivity contribution in [2.24, 2.45) is 0 Å². The van der Waals surface area contributed by atoms with Gasteiger partial charge in [0.1, 0.15) is 11.5 Å². The van der Waals surface area contributed by atoms with Crippen molar-refractivity contribution in [1.82, 2.24) is 4.98 Å². The molecular weight excluding hydrogens is 360 g/mol. The zero-order valence-electron chi connectivity index (χ0n) is 15.4. The highest BCUT2D eigenvalue weighted by Crippen LogP contribution is 2.22. The standard InChI is InChI=1S/C21H22N2O3S/c1-3-25-17-8-10-18(11-9-17)26-14-20(24)23-21-22-13-19(27-21)12-16-6-4-15(2)5-7-16/h4-11,13H,3,12,14H2,1-2H3,(H,22,23,24). The average Bonchev–Trinajstić information content (AvgIpc) is 3.10. The van der Waals surface area contributed by atoms with E-state index in [1.807, 2.05) is 19.1 Å². The number of nitrogens with zero attached hydrogens (tertiary/aromatic N) is 1. The molecule has 0 saturated heterocycles. The first-order chi connectivity index (χ1) is 13.1. The van der Waals surface area contributed by atoms with Crippen LogP contribution in [0.15, 0.2) is 54.7 Å². The molecule has 3 rings (SSSR count). The van der Waals surface area contributed by atoms with Gasteiger partial charge in [-0.1, -0.05) is 29.8 Å². The molecule has 0 spiro atoms.